The Hall–Kier alpha value is -2.85. The van der Waals surface area contributed by atoms with Crippen LogP contribution in [0.3, 0.4) is 0 Å². The Bertz CT molecular complexity index is 1090. The maximum Gasteiger partial charge on any atom is 0.316 e. The first-order valence-electron chi connectivity index (χ1n) is 11.7. The van der Waals surface area contributed by atoms with Crippen LogP contribution in [0.15, 0.2) is 60.8 Å². The fourth-order valence-electron chi connectivity index (χ4n) is 4.17. The van der Waals surface area contributed by atoms with Gasteiger partial charge in [0.1, 0.15) is 5.75 Å². The van der Waals surface area contributed by atoms with E-state index in [0.717, 1.165) is 49.8 Å². The molecule has 0 unspecified atom stereocenters. The van der Waals surface area contributed by atoms with Gasteiger partial charge in [-0.2, -0.15) is 0 Å². The number of benzene rings is 2. The van der Waals surface area contributed by atoms with Crippen molar-refractivity contribution in [2.45, 2.75) is 46.5 Å². The number of nitrogens with zero attached hydrogens (tertiary/aromatic N) is 1. The summed E-state index contributed by atoms with van der Waals surface area (Å²) in [5.74, 6) is 0.410. The van der Waals surface area contributed by atoms with Gasteiger partial charge >= 0.3 is 5.97 Å². The molecule has 4 heteroatoms. The summed E-state index contributed by atoms with van der Waals surface area (Å²) in [6, 6.07) is 16.6. The van der Waals surface area contributed by atoms with Crippen molar-refractivity contribution in [2.75, 3.05) is 19.6 Å². The number of rotatable bonds is 7. The number of ether oxygens (including phenoxy) is 1. The fourth-order valence-corrected chi connectivity index (χ4v) is 4.17. The molecule has 0 aliphatic carbocycles. The molecule has 1 N–H and O–H groups in total. The number of carbonyl (C=O) groups is 1. The summed E-state index contributed by atoms with van der Waals surface area (Å²) in [6.07, 6.45) is 8.96. The van der Waals surface area contributed by atoms with E-state index >= 15 is 0 Å². The first-order valence-corrected chi connectivity index (χ1v) is 11.7. The second kappa shape index (κ2) is 9.74. The van der Waals surface area contributed by atoms with Crippen molar-refractivity contribution in [3.8, 4) is 5.75 Å². The molecule has 0 atom stereocenters. The molecule has 32 heavy (non-hydrogen) atoms. The van der Waals surface area contributed by atoms with Crippen LogP contribution in [0, 0.1) is 5.41 Å². The number of carbonyl (C=O) groups excluding carboxylic acids is 1. The maximum atomic E-state index is 12.2. The summed E-state index contributed by atoms with van der Waals surface area (Å²) in [6.45, 7) is 8.92. The molecule has 1 aliphatic heterocycles. The smallest absolute Gasteiger partial charge is 0.316 e. The number of hydrogen-bond acceptors (Lipinski definition) is 3. The Kier molecular flexibility index (Phi) is 6.80. The van der Waals surface area contributed by atoms with E-state index in [2.05, 4.69) is 52.5 Å². The number of fused-ring (bicyclic) bond motifs is 1. The van der Waals surface area contributed by atoms with Crippen LogP contribution in [0.5, 0.6) is 5.75 Å². The predicted octanol–water partition coefficient (Wildman–Crippen LogP) is 6.23. The van der Waals surface area contributed by atoms with E-state index in [1.807, 2.05) is 39.0 Å². The van der Waals surface area contributed by atoms with Crippen LogP contribution >= 0.6 is 0 Å². The molecular formula is C28H34N2O2. The van der Waals surface area contributed by atoms with Crippen LogP contribution < -0.4 is 4.74 Å². The van der Waals surface area contributed by atoms with Crippen molar-refractivity contribution in [1.29, 1.82) is 0 Å². The number of hydrogen-bond donors (Lipinski definition) is 1. The van der Waals surface area contributed by atoms with E-state index in [1.54, 1.807) is 0 Å². The van der Waals surface area contributed by atoms with Gasteiger partial charge in [0.05, 0.1) is 5.41 Å². The summed E-state index contributed by atoms with van der Waals surface area (Å²) in [5.41, 5.74) is 4.70. The number of aromatic amines is 1. The zero-order chi connectivity index (χ0) is 22.6. The van der Waals surface area contributed by atoms with Crippen molar-refractivity contribution < 1.29 is 9.53 Å². The third kappa shape index (κ3) is 5.49. The number of esters is 1. The summed E-state index contributed by atoms with van der Waals surface area (Å²) < 4.78 is 5.59. The minimum atomic E-state index is -0.512. The van der Waals surface area contributed by atoms with Crippen molar-refractivity contribution in [2.24, 2.45) is 5.41 Å². The van der Waals surface area contributed by atoms with Gasteiger partial charge in [-0.15, -0.1) is 0 Å². The van der Waals surface area contributed by atoms with Gasteiger partial charge in [-0.1, -0.05) is 36.4 Å². The highest BCUT2D eigenvalue weighted by Crippen LogP contribution is 2.27. The Morgan fingerprint density at radius 2 is 1.91 bits per heavy atom. The molecule has 3 aromatic rings. The molecule has 4 rings (SSSR count). The molecular weight excluding hydrogens is 396 g/mol. The average molecular weight is 431 g/mol. The monoisotopic (exact) mass is 430 g/mol. The highest BCUT2D eigenvalue weighted by Gasteiger charge is 2.24. The molecule has 168 valence electrons. The first kappa shape index (κ1) is 22.3. The van der Waals surface area contributed by atoms with Crippen molar-refractivity contribution in [3.05, 3.63) is 71.9 Å². The molecule has 0 radical (unpaired) electrons. The summed E-state index contributed by atoms with van der Waals surface area (Å²) in [7, 11) is 0. The third-order valence-corrected chi connectivity index (χ3v) is 6.17. The first-order chi connectivity index (χ1) is 15.4. The molecule has 0 amide bonds. The molecule has 0 bridgehead atoms. The van der Waals surface area contributed by atoms with E-state index in [1.165, 1.54) is 23.1 Å². The number of H-pyrrole nitrogens is 1. The molecule has 0 fully saturated rings. The van der Waals surface area contributed by atoms with Gasteiger partial charge in [0.25, 0.3) is 0 Å². The van der Waals surface area contributed by atoms with Crippen LogP contribution in [0.4, 0.5) is 0 Å². The quantitative estimate of drug-likeness (QED) is 0.274. The van der Waals surface area contributed by atoms with Gasteiger partial charge in [-0.25, -0.2) is 0 Å². The van der Waals surface area contributed by atoms with E-state index < -0.39 is 5.41 Å². The lowest BCUT2D eigenvalue weighted by Crippen LogP contribution is -2.29. The van der Waals surface area contributed by atoms with Gasteiger partial charge in [-0.3, -0.25) is 9.69 Å². The normalized spacial score (nSPS) is 15.0. The molecule has 0 spiro atoms. The second-order valence-corrected chi connectivity index (χ2v) is 9.76. The standard InChI is InChI=1S/C28H34N2O2/c1-28(2,3)27(31)32-24-12-13-26-25(19-24)23(20-29-26)11-7-8-16-30-17-14-22(15-18-30)21-9-5-4-6-10-21/h4-6,9-10,12-14,19-20,29H,7-8,11,15-18H2,1-3H3. The highest BCUT2D eigenvalue weighted by molar-refractivity contribution is 5.86. The lowest BCUT2D eigenvalue weighted by atomic mass is 9.97. The minimum absolute atomic E-state index is 0.208. The highest BCUT2D eigenvalue weighted by atomic mass is 16.5. The van der Waals surface area contributed by atoms with Crippen LogP contribution in [0.25, 0.3) is 16.5 Å². The lowest BCUT2D eigenvalue weighted by molar-refractivity contribution is -0.142. The number of nitrogens with one attached hydrogen (secondary N) is 1. The molecule has 0 saturated heterocycles. The lowest BCUT2D eigenvalue weighted by Gasteiger charge is -2.26. The summed E-state index contributed by atoms with van der Waals surface area (Å²) >= 11 is 0. The summed E-state index contributed by atoms with van der Waals surface area (Å²) in [4.78, 5) is 18.1. The molecule has 1 aliphatic rings. The van der Waals surface area contributed by atoms with E-state index in [0.29, 0.717) is 5.75 Å². The van der Waals surface area contributed by atoms with Gasteiger partial charge in [0, 0.05) is 30.2 Å². The van der Waals surface area contributed by atoms with Gasteiger partial charge in [0.2, 0.25) is 0 Å². The topological polar surface area (TPSA) is 45.3 Å². The van der Waals surface area contributed by atoms with Gasteiger partial charge in [-0.05, 0) is 87.9 Å². The number of aromatic nitrogens is 1. The maximum absolute atomic E-state index is 12.2. The zero-order valence-electron chi connectivity index (χ0n) is 19.5. The fraction of sp³-hybridized carbons (Fsp3) is 0.393. The Morgan fingerprint density at radius 1 is 1.09 bits per heavy atom. The van der Waals surface area contributed by atoms with Crippen molar-refractivity contribution >= 4 is 22.4 Å². The van der Waals surface area contributed by atoms with Gasteiger partial charge < -0.3 is 9.72 Å². The summed E-state index contributed by atoms with van der Waals surface area (Å²) in [5, 5.41) is 1.15. The minimum Gasteiger partial charge on any atom is -0.426 e. The Balaban J connectivity index is 1.28. The van der Waals surface area contributed by atoms with Gasteiger partial charge in [0.15, 0.2) is 0 Å². The third-order valence-electron chi connectivity index (χ3n) is 6.17. The molecule has 2 aromatic carbocycles. The molecule has 4 nitrogen and oxygen atoms in total. The molecule has 2 heterocycles. The average Bonchev–Trinajstić information content (AvgIpc) is 3.19. The molecule has 0 saturated carbocycles. The van der Waals surface area contributed by atoms with Crippen LogP contribution in [0.2, 0.25) is 0 Å². The number of unbranched alkanes of at least 4 members (excludes halogenated alkanes) is 1. The Morgan fingerprint density at radius 3 is 2.62 bits per heavy atom. The second-order valence-electron chi connectivity index (χ2n) is 9.76. The SMILES string of the molecule is CC(C)(C)C(=O)Oc1ccc2[nH]cc(CCCCN3CC=C(c4ccccc4)CC3)c2c1. The van der Waals surface area contributed by atoms with Crippen LogP contribution in [-0.2, 0) is 11.2 Å². The van der Waals surface area contributed by atoms with Crippen LogP contribution in [-0.4, -0.2) is 35.5 Å². The molecule has 1 aromatic heterocycles. The van der Waals surface area contributed by atoms with E-state index in [-0.39, 0.29) is 5.97 Å². The zero-order valence-corrected chi connectivity index (χ0v) is 19.5. The van der Waals surface area contributed by atoms with E-state index in [4.69, 9.17) is 4.74 Å². The van der Waals surface area contributed by atoms with Crippen molar-refractivity contribution in [3.63, 3.8) is 0 Å². The number of aryl methyl sites for hydroxylation is 1. The predicted molar refractivity (Wildman–Crippen MR) is 132 cm³/mol. The van der Waals surface area contributed by atoms with Crippen LogP contribution in [0.1, 0.15) is 51.2 Å². The van der Waals surface area contributed by atoms with Crippen molar-refractivity contribution in [1.82, 2.24) is 9.88 Å². The largest absolute Gasteiger partial charge is 0.426 e. The van der Waals surface area contributed by atoms with E-state index in [9.17, 15) is 4.79 Å². The Labute approximate surface area is 191 Å².